The Morgan fingerprint density at radius 2 is 2.04 bits per heavy atom. The highest BCUT2D eigenvalue weighted by atomic mass is 35.5. The zero-order valence-corrected chi connectivity index (χ0v) is 16.6. The van der Waals surface area contributed by atoms with Crippen LogP contribution < -0.4 is 0 Å². The van der Waals surface area contributed by atoms with Crippen molar-refractivity contribution in [3.8, 4) is 0 Å². The number of carbonyl (C=O) groups is 1. The topological polar surface area (TPSA) is 38.1 Å². The highest BCUT2D eigenvalue weighted by molar-refractivity contribution is 6.31. The summed E-state index contributed by atoms with van der Waals surface area (Å²) in [6.45, 7) is 3.86. The molecule has 1 amide bonds. The lowest BCUT2D eigenvalue weighted by Crippen LogP contribution is -2.26. The second kappa shape index (κ2) is 7.92. The van der Waals surface area contributed by atoms with Gasteiger partial charge in [0.25, 0.3) is 0 Å². The Kier molecular flexibility index (Phi) is 5.36. The van der Waals surface area contributed by atoms with Gasteiger partial charge in [-0.1, -0.05) is 43.1 Å². The minimum absolute atomic E-state index is 0.00213. The predicted octanol–water partition coefficient (Wildman–Crippen LogP) is 4.99. The van der Waals surface area contributed by atoms with Gasteiger partial charge in [0.05, 0.1) is 17.6 Å². The third-order valence-corrected chi connectivity index (χ3v) is 5.78. The fourth-order valence-electron chi connectivity index (χ4n) is 3.92. The summed E-state index contributed by atoms with van der Waals surface area (Å²) >= 11 is 6.28. The Labute approximate surface area is 168 Å². The minimum Gasteiger partial charge on any atom is -0.342 e. The molecule has 4 rings (SSSR count). The van der Waals surface area contributed by atoms with E-state index in [1.807, 2.05) is 33.7 Å². The highest BCUT2D eigenvalue weighted by Gasteiger charge is 2.33. The molecule has 0 N–H and O–H groups in total. The number of fused-ring (bicyclic) bond motifs is 1. The van der Waals surface area contributed by atoms with Crippen LogP contribution in [0.25, 0.3) is 11.0 Å². The molecule has 0 radical (unpaired) electrons. The molecule has 0 spiro atoms. The number of para-hydroxylation sites is 2. The number of rotatable bonds is 6. The highest BCUT2D eigenvalue weighted by Crippen LogP contribution is 2.32. The van der Waals surface area contributed by atoms with Gasteiger partial charge in [0.2, 0.25) is 5.91 Å². The molecule has 6 heteroatoms. The zero-order valence-electron chi connectivity index (χ0n) is 15.9. The molecule has 146 valence electrons. The molecule has 3 aromatic rings. The largest absolute Gasteiger partial charge is 0.342 e. The van der Waals surface area contributed by atoms with Crippen LogP contribution in [0.2, 0.25) is 5.02 Å². The number of likely N-dealkylation sites (tertiary alicyclic amines) is 1. The van der Waals surface area contributed by atoms with Crippen LogP contribution in [0, 0.1) is 5.82 Å². The maximum absolute atomic E-state index is 14.4. The first-order valence-corrected chi connectivity index (χ1v) is 10.1. The first-order chi connectivity index (χ1) is 13.6. The van der Waals surface area contributed by atoms with Gasteiger partial charge in [0.15, 0.2) is 0 Å². The molecule has 1 aliphatic heterocycles. The summed E-state index contributed by atoms with van der Waals surface area (Å²) in [5.74, 6) is 0.666. The fourth-order valence-corrected chi connectivity index (χ4v) is 4.15. The lowest BCUT2D eigenvalue weighted by atomic mass is 10.1. The molecule has 1 unspecified atom stereocenters. The van der Waals surface area contributed by atoms with Crippen molar-refractivity contribution in [2.75, 3.05) is 13.1 Å². The number of hydrogen-bond acceptors (Lipinski definition) is 2. The average molecular weight is 400 g/mol. The van der Waals surface area contributed by atoms with Crippen molar-refractivity contribution >= 4 is 28.5 Å². The van der Waals surface area contributed by atoms with E-state index in [-0.39, 0.29) is 17.6 Å². The average Bonchev–Trinajstić information content (AvgIpc) is 3.23. The number of imidazole rings is 1. The molecular formula is C22H23ClFN3O. The lowest BCUT2D eigenvalue weighted by Gasteiger charge is -2.17. The molecule has 0 saturated carbocycles. The lowest BCUT2D eigenvalue weighted by molar-refractivity contribution is -0.127. The molecule has 1 atom stereocenters. The summed E-state index contributed by atoms with van der Waals surface area (Å²) in [4.78, 5) is 19.2. The number of nitrogens with zero attached hydrogens (tertiary/aromatic N) is 3. The summed E-state index contributed by atoms with van der Waals surface area (Å²) in [6.07, 6.45) is 2.50. The quantitative estimate of drug-likeness (QED) is 0.585. The molecule has 4 nitrogen and oxygen atoms in total. The Bertz CT molecular complexity index is 996. The Morgan fingerprint density at radius 3 is 2.82 bits per heavy atom. The smallest absolute Gasteiger partial charge is 0.223 e. The number of amides is 1. The fraction of sp³-hybridized carbons (Fsp3) is 0.364. The van der Waals surface area contributed by atoms with Crippen molar-refractivity contribution in [2.45, 2.75) is 38.6 Å². The van der Waals surface area contributed by atoms with Crippen molar-refractivity contribution in [3.63, 3.8) is 0 Å². The predicted molar refractivity (Wildman–Crippen MR) is 109 cm³/mol. The van der Waals surface area contributed by atoms with Gasteiger partial charge in [0, 0.05) is 36.0 Å². The standard InChI is InChI=1S/C22H23ClFN3O/c1-2-3-11-26-13-15(12-21(26)28)22-25-19-9-4-5-10-20(19)27(22)14-16-17(23)7-6-8-18(16)24/h4-10,15H,2-3,11-14H2,1H3. The Balaban J connectivity index is 1.73. The molecule has 1 saturated heterocycles. The molecule has 1 aromatic heterocycles. The number of carbonyl (C=O) groups excluding carboxylic acids is 1. The number of hydrogen-bond donors (Lipinski definition) is 0. The van der Waals surface area contributed by atoms with Crippen molar-refractivity contribution in [1.82, 2.24) is 14.5 Å². The second-order valence-corrected chi connectivity index (χ2v) is 7.75. The van der Waals surface area contributed by atoms with E-state index in [1.54, 1.807) is 12.1 Å². The first-order valence-electron chi connectivity index (χ1n) is 9.74. The SMILES string of the molecule is CCCCN1CC(c2nc3ccccc3n2Cc2c(F)cccc2Cl)CC1=O. The summed E-state index contributed by atoms with van der Waals surface area (Å²) < 4.78 is 16.4. The van der Waals surface area contributed by atoms with Crippen LogP contribution in [-0.2, 0) is 11.3 Å². The van der Waals surface area contributed by atoms with Gasteiger partial charge in [0.1, 0.15) is 11.6 Å². The molecule has 0 bridgehead atoms. The van der Waals surface area contributed by atoms with E-state index in [0.29, 0.717) is 30.1 Å². The maximum Gasteiger partial charge on any atom is 0.223 e. The Morgan fingerprint density at radius 1 is 1.21 bits per heavy atom. The zero-order chi connectivity index (χ0) is 19.7. The van der Waals surface area contributed by atoms with Crippen molar-refractivity contribution in [2.24, 2.45) is 0 Å². The van der Waals surface area contributed by atoms with E-state index in [4.69, 9.17) is 16.6 Å². The number of benzene rings is 2. The Hall–Kier alpha value is -2.40. The van der Waals surface area contributed by atoms with Gasteiger partial charge < -0.3 is 9.47 Å². The van der Waals surface area contributed by atoms with E-state index in [0.717, 1.165) is 36.2 Å². The summed E-state index contributed by atoms with van der Waals surface area (Å²) in [6, 6.07) is 12.5. The summed E-state index contributed by atoms with van der Waals surface area (Å²) in [5, 5.41) is 0.399. The maximum atomic E-state index is 14.4. The van der Waals surface area contributed by atoms with Gasteiger partial charge in [-0.25, -0.2) is 9.37 Å². The van der Waals surface area contributed by atoms with Crippen LogP contribution in [0.4, 0.5) is 4.39 Å². The van der Waals surface area contributed by atoms with Gasteiger partial charge in [-0.2, -0.15) is 0 Å². The summed E-state index contributed by atoms with van der Waals surface area (Å²) in [7, 11) is 0. The summed E-state index contributed by atoms with van der Waals surface area (Å²) in [5.41, 5.74) is 2.22. The minimum atomic E-state index is -0.330. The molecular weight excluding hydrogens is 377 g/mol. The van der Waals surface area contributed by atoms with Crippen LogP contribution in [0.3, 0.4) is 0 Å². The molecule has 2 aromatic carbocycles. The number of halogens is 2. The van der Waals surface area contributed by atoms with Crippen LogP contribution in [0.1, 0.15) is 43.5 Å². The molecule has 1 fully saturated rings. The number of unbranched alkanes of at least 4 members (excludes halogenated alkanes) is 1. The van der Waals surface area contributed by atoms with Crippen LogP contribution >= 0.6 is 11.6 Å². The van der Waals surface area contributed by atoms with Gasteiger partial charge in [-0.05, 0) is 30.7 Å². The van der Waals surface area contributed by atoms with E-state index >= 15 is 0 Å². The van der Waals surface area contributed by atoms with E-state index in [9.17, 15) is 9.18 Å². The molecule has 1 aliphatic rings. The third-order valence-electron chi connectivity index (χ3n) is 5.42. The number of aromatic nitrogens is 2. The molecule has 2 heterocycles. The van der Waals surface area contributed by atoms with Gasteiger partial charge >= 0.3 is 0 Å². The molecule has 0 aliphatic carbocycles. The van der Waals surface area contributed by atoms with Crippen LogP contribution in [0.15, 0.2) is 42.5 Å². The van der Waals surface area contributed by atoms with E-state index in [2.05, 4.69) is 6.92 Å². The first kappa shape index (κ1) is 18.9. The van der Waals surface area contributed by atoms with E-state index < -0.39 is 0 Å². The van der Waals surface area contributed by atoms with Crippen LogP contribution in [-0.4, -0.2) is 33.4 Å². The van der Waals surface area contributed by atoms with Crippen LogP contribution in [0.5, 0.6) is 0 Å². The normalized spacial score (nSPS) is 17.0. The van der Waals surface area contributed by atoms with Gasteiger partial charge in [-0.3, -0.25) is 4.79 Å². The molecule has 28 heavy (non-hydrogen) atoms. The monoisotopic (exact) mass is 399 g/mol. The van der Waals surface area contributed by atoms with E-state index in [1.165, 1.54) is 6.07 Å². The third kappa shape index (κ3) is 3.51. The van der Waals surface area contributed by atoms with Crippen molar-refractivity contribution in [3.05, 3.63) is 64.7 Å². The second-order valence-electron chi connectivity index (χ2n) is 7.34. The van der Waals surface area contributed by atoms with Gasteiger partial charge in [-0.15, -0.1) is 0 Å². The van der Waals surface area contributed by atoms with Crippen molar-refractivity contribution < 1.29 is 9.18 Å². The van der Waals surface area contributed by atoms with Crippen molar-refractivity contribution in [1.29, 1.82) is 0 Å².